The van der Waals surface area contributed by atoms with Gasteiger partial charge in [-0.05, 0) is 67.3 Å². The van der Waals surface area contributed by atoms with Crippen LogP contribution in [-0.4, -0.2) is 18.4 Å². The Balaban J connectivity index is 1.57. The Morgan fingerprint density at radius 3 is 2.44 bits per heavy atom. The lowest BCUT2D eigenvalue weighted by Crippen LogP contribution is -2.31. The number of fused-ring (bicyclic) bond motifs is 1. The number of carbonyl (C=O) groups is 2. The van der Waals surface area contributed by atoms with Gasteiger partial charge >= 0.3 is 0 Å². The molecule has 5 rings (SSSR count). The molecule has 2 aliphatic heterocycles. The van der Waals surface area contributed by atoms with Crippen LogP contribution >= 0.6 is 11.6 Å². The predicted octanol–water partition coefficient (Wildman–Crippen LogP) is 5.98. The lowest BCUT2D eigenvalue weighted by Gasteiger charge is -2.24. The molecule has 184 valence electrons. The van der Waals surface area contributed by atoms with Crippen LogP contribution in [0.1, 0.15) is 49.8 Å². The Kier molecular flexibility index (Phi) is 6.33. The molecule has 7 heteroatoms. The maximum Gasteiger partial charge on any atom is 0.258 e. The van der Waals surface area contributed by atoms with Gasteiger partial charge in [-0.2, -0.15) is 0 Å². The zero-order chi connectivity index (χ0) is 25.4. The van der Waals surface area contributed by atoms with Crippen LogP contribution in [0, 0.1) is 0 Å². The summed E-state index contributed by atoms with van der Waals surface area (Å²) < 4.78 is 0. The van der Waals surface area contributed by atoms with Crippen molar-refractivity contribution in [2.75, 3.05) is 22.1 Å². The van der Waals surface area contributed by atoms with Crippen LogP contribution in [0.5, 0.6) is 0 Å². The largest absolute Gasteiger partial charge is 0.354 e. The van der Waals surface area contributed by atoms with Crippen molar-refractivity contribution in [3.05, 3.63) is 88.4 Å². The van der Waals surface area contributed by atoms with Crippen molar-refractivity contribution in [1.82, 2.24) is 0 Å². The lowest BCUT2D eigenvalue weighted by atomic mass is 9.90. The summed E-state index contributed by atoms with van der Waals surface area (Å²) in [5, 5.41) is 6.97. The van der Waals surface area contributed by atoms with Crippen LogP contribution in [-0.2, 0) is 15.1 Å². The summed E-state index contributed by atoms with van der Waals surface area (Å²) in [6.07, 6.45) is 2.27. The number of rotatable bonds is 6. The number of amides is 2. The van der Waals surface area contributed by atoms with Gasteiger partial charge in [-0.15, -0.1) is 0 Å². The molecule has 1 atom stereocenters. The van der Waals surface area contributed by atoms with Gasteiger partial charge in [-0.3, -0.25) is 9.59 Å². The second kappa shape index (κ2) is 9.45. The van der Waals surface area contributed by atoms with Crippen molar-refractivity contribution in [3.63, 3.8) is 0 Å². The molecule has 0 aliphatic carbocycles. The van der Waals surface area contributed by atoms with E-state index in [4.69, 9.17) is 17.3 Å². The molecule has 0 aromatic heterocycles. The minimum absolute atomic E-state index is 0.138. The number of anilines is 3. The van der Waals surface area contributed by atoms with Crippen molar-refractivity contribution < 1.29 is 9.59 Å². The van der Waals surface area contributed by atoms with E-state index in [1.807, 2.05) is 61.5 Å². The Bertz CT molecular complexity index is 1360. The van der Waals surface area contributed by atoms with Crippen molar-refractivity contribution in [2.24, 2.45) is 5.73 Å². The molecule has 1 saturated heterocycles. The number of nitrogens with two attached hydrogens (primary N) is 1. The van der Waals surface area contributed by atoms with E-state index in [1.165, 1.54) is 0 Å². The Morgan fingerprint density at radius 1 is 1.08 bits per heavy atom. The number of benzene rings is 3. The van der Waals surface area contributed by atoms with E-state index >= 15 is 0 Å². The SMILES string of the molecule is CCC(C)(N)c1ccc(N/C(=C2\C(=O)Nc3cc(Cl)ccc32)c2ccc(N3CCCC3=O)cc2)cc1. The quantitative estimate of drug-likeness (QED) is 0.363. The van der Waals surface area contributed by atoms with Gasteiger partial charge < -0.3 is 21.3 Å². The third kappa shape index (κ3) is 4.50. The van der Waals surface area contributed by atoms with E-state index in [0.717, 1.165) is 47.5 Å². The fourth-order valence-electron chi connectivity index (χ4n) is 4.68. The van der Waals surface area contributed by atoms with Crippen molar-refractivity contribution in [1.29, 1.82) is 0 Å². The Labute approximate surface area is 216 Å². The highest BCUT2D eigenvalue weighted by Crippen LogP contribution is 2.39. The molecule has 3 aromatic carbocycles. The van der Waals surface area contributed by atoms with Crippen LogP contribution in [0.3, 0.4) is 0 Å². The highest BCUT2D eigenvalue weighted by Gasteiger charge is 2.29. The van der Waals surface area contributed by atoms with Crippen LogP contribution in [0.4, 0.5) is 17.1 Å². The standard InChI is InChI=1S/C29H29ClN4O2/c1-3-29(2,31)19-8-11-21(12-9-19)32-27(26-23-15-10-20(30)17-24(23)33-28(26)36)18-6-13-22(14-7-18)34-16-4-5-25(34)35/h6-15,17,32H,3-5,16,31H2,1-2H3,(H,33,36)/b27-26-. The van der Waals surface area contributed by atoms with Crippen LogP contribution in [0.25, 0.3) is 11.3 Å². The second-order valence-corrected chi connectivity index (χ2v) is 10.00. The van der Waals surface area contributed by atoms with Gasteiger partial charge in [0.2, 0.25) is 5.91 Å². The summed E-state index contributed by atoms with van der Waals surface area (Å²) >= 11 is 6.17. The van der Waals surface area contributed by atoms with Crippen LogP contribution in [0.2, 0.25) is 5.02 Å². The zero-order valence-electron chi connectivity index (χ0n) is 20.4. The average Bonchev–Trinajstić information content (AvgIpc) is 3.44. The van der Waals surface area contributed by atoms with Crippen LogP contribution in [0.15, 0.2) is 66.7 Å². The molecule has 0 bridgehead atoms. The highest BCUT2D eigenvalue weighted by atomic mass is 35.5. The maximum atomic E-state index is 13.2. The molecule has 0 radical (unpaired) electrons. The first-order valence-corrected chi connectivity index (χ1v) is 12.6. The summed E-state index contributed by atoms with van der Waals surface area (Å²) in [7, 11) is 0. The van der Waals surface area contributed by atoms with Gasteiger partial charge in [-0.1, -0.05) is 48.9 Å². The molecule has 1 unspecified atom stereocenters. The third-order valence-corrected chi connectivity index (χ3v) is 7.30. The molecule has 36 heavy (non-hydrogen) atoms. The summed E-state index contributed by atoms with van der Waals surface area (Å²) in [6, 6.07) is 21.1. The fourth-order valence-corrected chi connectivity index (χ4v) is 4.86. The highest BCUT2D eigenvalue weighted by molar-refractivity contribution is 6.38. The van der Waals surface area contributed by atoms with Crippen molar-refractivity contribution >= 4 is 51.7 Å². The van der Waals surface area contributed by atoms with Crippen LogP contribution < -0.4 is 21.3 Å². The molecule has 2 amide bonds. The maximum absolute atomic E-state index is 13.2. The summed E-state index contributed by atoms with van der Waals surface area (Å²) in [4.78, 5) is 27.2. The summed E-state index contributed by atoms with van der Waals surface area (Å²) in [5.41, 5.74) is 12.2. The van der Waals surface area contributed by atoms with Gasteiger partial charge in [0.1, 0.15) is 0 Å². The Morgan fingerprint density at radius 2 is 1.81 bits per heavy atom. The Hall–Kier alpha value is -3.61. The normalized spacial score (nSPS) is 18.1. The number of nitrogens with one attached hydrogen (secondary N) is 2. The molecule has 2 heterocycles. The van der Waals surface area contributed by atoms with Gasteiger partial charge in [0.15, 0.2) is 0 Å². The molecule has 2 aliphatic rings. The topological polar surface area (TPSA) is 87.5 Å². The third-order valence-electron chi connectivity index (χ3n) is 7.07. The van der Waals surface area contributed by atoms with Crippen molar-refractivity contribution in [3.8, 4) is 0 Å². The van der Waals surface area contributed by atoms with Gasteiger partial charge in [0.05, 0.1) is 17.0 Å². The number of hydrogen-bond donors (Lipinski definition) is 3. The monoisotopic (exact) mass is 500 g/mol. The second-order valence-electron chi connectivity index (χ2n) is 9.56. The number of nitrogens with zero attached hydrogens (tertiary/aromatic N) is 1. The molecule has 0 spiro atoms. The van der Waals surface area contributed by atoms with E-state index in [-0.39, 0.29) is 11.8 Å². The minimum atomic E-state index is -0.411. The van der Waals surface area contributed by atoms with E-state index in [2.05, 4.69) is 17.6 Å². The first-order chi connectivity index (χ1) is 17.3. The van der Waals surface area contributed by atoms with E-state index in [0.29, 0.717) is 28.4 Å². The molecular formula is C29H29ClN4O2. The molecule has 3 aromatic rings. The first-order valence-electron chi connectivity index (χ1n) is 12.2. The van der Waals surface area contributed by atoms with Gasteiger partial charge in [0.25, 0.3) is 5.91 Å². The summed E-state index contributed by atoms with van der Waals surface area (Å²) in [6.45, 7) is 4.81. The molecule has 0 saturated carbocycles. The average molecular weight is 501 g/mol. The van der Waals surface area contributed by atoms with Crippen molar-refractivity contribution in [2.45, 2.75) is 38.6 Å². The van der Waals surface area contributed by atoms with Gasteiger partial charge in [0, 0.05) is 40.5 Å². The number of halogens is 1. The minimum Gasteiger partial charge on any atom is -0.354 e. The molecular weight excluding hydrogens is 472 g/mol. The molecule has 6 nitrogen and oxygen atoms in total. The lowest BCUT2D eigenvalue weighted by molar-refractivity contribution is -0.117. The fraction of sp³-hybridized carbons (Fsp3) is 0.241. The molecule has 4 N–H and O–H groups in total. The van der Waals surface area contributed by atoms with E-state index in [9.17, 15) is 9.59 Å². The number of hydrogen-bond acceptors (Lipinski definition) is 4. The zero-order valence-corrected chi connectivity index (χ0v) is 21.2. The predicted molar refractivity (Wildman–Crippen MR) is 147 cm³/mol. The smallest absolute Gasteiger partial charge is 0.258 e. The van der Waals surface area contributed by atoms with E-state index in [1.54, 1.807) is 17.0 Å². The van der Waals surface area contributed by atoms with E-state index < -0.39 is 5.54 Å². The van der Waals surface area contributed by atoms with Gasteiger partial charge in [-0.25, -0.2) is 0 Å². The molecule has 1 fully saturated rings. The number of carbonyl (C=O) groups excluding carboxylic acids is 2. The summed E-state index contributed by atoms with van der Waals surface area (Å²) in [5.74, 6) is -0.0646. The first kappa shape index (κ1) is 24.1.